The van der Waals surface area contributed by atoms with E-state index in [9.17, 15) is 9.59 Å². The molecule has 1 aromatic heterocycles. The normalized spacial score (nSPS) is 14.8. The first-order valence-electron chi connectivity index (χ1n) is 10.0. The van der Waals surface area contributed by atoms with E-state index in [0.717, 1.165) is 35.9 Å². The Labute approximate surface area is 172 Å². The largest absolute Gasteiger partial charge is 0.347 e. The number of hydrogen-bond acceptors (Lipinski definition) is 4. The molecule has 2 aromatic rings. The molecule has 156 valence electrons. The number of rotatable bonds is 5. The van der Waals surface area contributed by atoms with E-state index in [2.05, 4.69) is 15.2 Å². The molecule has 7 nitrogen and oxygen atoms in total. The number of hydrogen-bond donors (Lipinski definition) is 2. The van der Waals surface area contributed by atoms with Crippen molar-refractivity contribution in [3.05, 3.63) is 41.7 Å². The quantitative estimate of drug-likeness (QED) is 0.807. The molecule has 1 aromatic carbocycles. The maximum absolute atomic E-state index is 12.9. The van der Waals surface area contributed by atoms with Crippen molar-refractivity contribution >= 4 is 11.8 Å². The van der Waals surface area contributed by atoms with Crippen LogP contribution in [0.15, 0.2) is 30.3 Å². The third kappa shape index (κ3) is 4.67. The van der Waals surface area contributed by atoms with E-state index in [1.165, 1.54) is 4.90 Å². The second-order valence-corrected chi connectivity index (χ2v) is 8.80. The number of carbonyl (C=O) groups is 2. The molecular formula is C22H31N5O2. The summed E-state index contributed by atoms with van der Waals surface area (Å²) in [5.41, 5.74) is 2.45. The van der Waals surface area contributed by atoms with E-state index in [0.29, 0.717) is 6.54 Å². The molecule has 2 amide bonds. The van der Waals surface area contributed by atoms with Gasteiger partial charge in [-0.3, -0.25) is 9.59 Å². The zero-order valence-corrected chi connectivity index (χ0v) is 18.0. The molecule has 2 heterocycles. The van der Waals surface area contributed by atoms with E-state index in [1.54, 1.807) is 14.1 Å². The Morgan fingerprint density at radius 1 is 1.24 bits per heavy atom. The Balaban J connectivity index is 1.85. The number of carbonyl (C=O) groups excluding carboxylic acids is 2. The molecule has 0 radical (unpaired) electrons. The molecule has 29 heavy (non-hydrogen) atoms. The summed E-state index contributed by atoms with van der Waals surface area (Å²) in [6, 6.07) is 9.44. The first-order chi connectivity index (χ1) is 13.7. The van der Waals surface area contributed by atoms with Crippen molar-refractivity contribution in [2.75, 3.05) is 20.6 Å². The van der Waals surface area contributed by atoms with Crippen molar-refractivity contribution in [1.29, 1.82) is 0 Å². The average molecular weight is 398 g/mol. The summed E-state index contributed by atoms with van der Waals surface area (Å²) < 4.78 is 2.20. The molecule has 0 saturated heterocycles. The smallest absolute Gasteiger partial charge is 0.245 e. The summed E-state index contributed by atoms with van der Waals surface area (Å²) in [5.74, 6) is 0.595. The van der Waals surface area contributed by atoms with Gasteiger partial charge in [0.25, 0.3) is 0 Å². The monoisotopic (exact) mass is 397 g/mol. The highest BCUT2D eigenvalue weighted by Crippen LogP contribution is 2.25. The number of likely N-dealkylation sites (N-methyl/N-ethyl adjacent to an activating group) is 1. The fourth-order valence-electron chi connectivity index (χ4n) is 3.59. The number of aromatic nitrogens is 2. The summed E-state index contributed by atoms with van der Waals surface area (Å²) in [6.07, 6.45) is 0.150. The van der Waals surface area contributed by atoms with Crippen molar-refractivity contribution < 1.29 is 9.59 Å². The first kappa shape index (κ1) is 21.0. The fourth-order valence-corrected chi connectivity index (χ4v) is 3.59. The lowest BCUT2D eigenvalue weighted by Gasteiger charge is -2.32. The lowest BCUT2D eigenvalue weighted by atomic mass is 9.85. The number of amides is 2. The fraction of sp³-hybridized carbons (Fsp3) is 0.500. The molecular weight excluding hydrogens is 366 g/mol. The molecule has 7 heteroatoms. The molecule has 1 aliphatic rings. The zero-order chi connectivity index (χ0) is 21.2. The second kappa shape index (κ2) is 8.37. The van der Waals surface area contributed by atoms with Crippen molar-refractivity contribution in [2.45, 2.75) is 46.3 Å². The van der Waals surface area contributed by atoms with Crippen LogP contribution in [0.5, 0.6) is 0 Å². The highest BCUT2D eigenvalue weighted by atomic mass is 16.2. The molecule has 2 N–H and O–H groups in total. The summed E-state index contributed by atoms with van der Waals surface area (Å²) in [6.45, 7) is 8.23. The summed E-state index contributed by atoms with van der Waals surface area (Å²) in [5, 5.41) is 6.31. The minimum absolute atomic E-state index is 0.107. The third-order valence-corrected chi connectivity index (χ3v) is 5.18. The molecule has 1 aliphatic heterocycles. The van der Waals surface area contributed by atoms with Gasteiger partial charge in [-0.1, -0.05) is 51.1 Å². The van der Waals surface area contributed by atoms with Gasteiger partial charge in [-0.15, -0.1) is 0 Å². The van der Waals surface area contributed by atoms with Crippen LogP contribution >= 0.6 is 0 Å². The zero-order valence-electron chi connectivity index (χ0n) is 18.0. The van der Waals surface area contributed by atoms with Crippen molar-refractivity contribution in [2.24, 2.45) is 5.41 Å². The summed E-state index contributed by atoms with van der Waals surface area (Å²) >= 11 is 0. The van der Waals surface area contributed by atoms with Crippen LogP contribution in [-0.4, -0.2) is 52.9 Å². The van der Waals surface area contributed by atoms with Crippen LogP contribution in [0, 0.1) is 5.41 Å². The van der Waals surface area contributed by atoms with E-state index in [-0.39, 0.29) is 23.7 Å². The van der Waals surface area contributed by atoms with Crippen LogP contribution in [0.1, 0.15) is 32.2 Å². The molecule has 0 aliphatic carbocycles. The Kier molecular flexibility index (Phi) is 6.07. The van der Waals surface area contributed by atoms with Crippen LogP contribution in [0.3, 0.4) is 0 Å². The predicted molar refractivity (Wildman–Crippen MR) is 113 cm³/mol. The van der Waals surface area contributed by atoms with Gasteiger partial charge in [-0.25, -0.2) is 4.98 Å². The molecule has 3 rings (SSSR count). The number of imidazole rings is 1. The van der Waals surface area contributed by atoms with Crippen LogP contribution < -0.4 is 10.6 Å². The lowest BCUT2D eigenvalue weighted by molar-refractivity contribution is -0.137. The minimum atomic E-state index is -0.588. The van der Waals surface area contributed by atoms with E-state index in [1.807, 2.05) is 51.1 Å². The Hall–Kier alpha value is -2.67. The SMILES string of the molecule is CN(C)C(=O)[C@@H](NC(=O)Cc1nc(-c2ccccc2)n2c1CNCC2)C(C)(C)C. The predicted octanol–water partition coefficient (Wildman–Crippen LogP) is 1.81. The molecule has 0 spiro atoms. The van der Waals surface area contributed by atoms with Gasteiger partial charge in [0.1, 0.15) is 11.9 Å². The highest BCUT2D eigenvalue weighted by molar-refractivity contribution is 5.88. The van der Waals surface area contributed by atoms with E-state index < -0.39 is 6.04 Å². The molecule has 0 saturated carbocycles. The standard InChI is InChI=1S/C22H31N5O2/c1-22(2,3)19(21(29)26(4)5)25-18(28)13-16-17-14-23-11-12-27(17)20(24-16)15-9-7-6-8-10-15/h6-10,19,23H,11-14H2,1-5H3,(H,25,28)/t19-/m1/s1. The van der Waals surface area contributed by atoms with Gasteiger partial charge in [-0.2, -0.15) is 0 Å². The molecule has 0 unspecified atom stereocenters. The Morgan fingerprint density at radius 3 is 2.55 bits per heavy atom. The van der Waals surface area contributed by atoms with Gasteiger partial charge in [0.15, 0.2) is 0 Å². The van der Waals surface area contributed by atoms with Gasteiger partial charge >= 0.3 is 0 Å². The van der Waals surface area contributed by atoms with Crippen LogP contribution in [0.4, 0.5) is 0 Å². The maximum Gasteiger partial charge on any atom is 0.245 e. The van der Waals surface area contributed by atoms with Gasteiger partial charge in [0.05, 0.1) is 17.8 Å². The van der Waals surface area contributed by atoms with Gasteiger partial charge in [0.2, 0.25) is 11.8 Å². The highest BCUT2D eigenvalue weighted by Gasteiger charge is 2.34. The number of fused-ring (bicyclic) bond motifs is 1. The van der Waals surface area contributed by atoms with Crippen LogP contribution in [0.25, 0.3) is 11.4 Å². The van der Waals surface area contributed by atoms with Crippen LogP contribution in [0.2, 0.25) is 0 Å². The lowest BCUT2D eigenvalue weighted by Crippen LogP contribution is -2.53. The molecule has 0 bridgehead atoms. The topological polar surface area (TPSA) is 79.3 Å². The average Bonchev–Trinajstić information content (AvgIpc) is 3.04. The second-order valence-electron chi connectivity index (χ2n) is 8.80. The molecule has 0 fully saturated rings. The summed E-state index contributed by atoms with van der Waals surface area (Å²) in [7, 11) is 3.41. The number of nitrogens with zero attached hydrogens (tertiary/aromatic N) is 3. The Morgan fingerprint density at radius 2 is 1.93 bits per heavy atom. The summed E-state index contributed by atoms with van der Waals surface area (Å²) in [4.78, 5) is 31.8. The van der Waals surface area contributed by atoms with E-state index in [4.69, 9.17) is 4.98 Å². The van der Waals surface area contributed by atoms with E-state index >= 15 is 0 Å². The molecule has 1 atom stereocenters. The van der Waals surface area contributed by atoms with Gasteiger partial charge in [-0.05, 0) is 5.41 Å². The third-order valence-electron chi connectivity index (χ3n) is 5.18. The van der Waals surface area contributed by atoms with Gasteiger partial charge in [0, 0.05) is 39.3 Å². The maximum atomic E-state index is 12.9. The van der Waals surface area contributed by atoms with Crippen LogP contribution in [-0.2, 0) is 29.1 Å². The minimum Gasteiger partial charge on any atom is -0.347 e. The van der Waals surface area contributed by atoms with Crippen molar-refractivity contribution in [1.82, 2.24) is 25.1 Å². The first-order valence-corrected chi connectivity index (χ1v) is 10.0. The van der Waals surface area contributed by atoms with Crippen molar-refractivity contribution in [3.8, 4) is 11.4 Å². The Bertz CT molecular complexity index is 881. The number of nitrogens with one attached hydrogen (secondary N) is 2. The van der Waals surface area contributed by atoms with Crippen molar-refractivity contribution in [3.63, 3.8) is 0 Å². The van der Waals surface area contributed by atoms with Gasteiger partial charge < -0.3 is 20.1 Å². The number of benzene rings is 1.